The highest BCUT2D eigenvalue weighted by atomic mass is 32.1. The van der Waals surface area contributed by atoms with Gasteiger partial charge in [-0.1, -0.05) is 42.5 Å². The maximum atomic E-state index is 11.9. The molecule has 1 N–H and O–H groups in total. The molecule has 3 rings (SSSR count). The van der Waals surface area contributed by atoms with Crippen molar-refractivity contribution in [2.75, 3.05) is 5.32 Å². The van der Waals surface area contributed by atoms with Gasteiger partial charge in [0.1, 0.15) is 5.69 Å². The molecule has 0 saturated carbocycles. The Balaban J connectivity index is 1.75. The lowest BCUT2D eigenvalue weighted by atomic mass is 10.1. The number of rotatable bonds is 3. The third kappa shape index (κ3) is 2.75. The molecule has 0 bridgehead atoms. The van der Waals surface area contributed by atoms with Crippen molar-refractivity contribution < 1.29 is 4.79 Å². The molecule has 0 aliphatic heterocycles. The van der Waals surface area contributed by atoms with E-state index in [1.54, 1.807) is 10.9 Å². The summed E-state index contributed by atoms with van der Waals surface area (Å²) >= 11 is 1.41. The highest BCUT2D eigenvalue weighted by Gasteiger charge is 2.07. The Morgan fingerprint density at radius 2 is 1.65 bits per heavy atom. The Hall–Kier alpha value is -2.46. The number of hydrogen-bond donors (Lipinski definition) is 1. The lowest BCUT2D eigenvalue weighted by molar-refractivity contribution is 0.102. The van der Waals surface area contributed by atoms with Crippen LogP contribution in [0.25, 0.3) is 11.1 Å². The third-order valence-electron chi connectivity index (χ3n) is 2.91. The van der Waals surface area contributed by atoms with E-state index in [4.69, 9.17) is 0 Å². The average molecular weight is 280 g/mol. The zero-order valence-corrected chi connectivity index (χ0v) is 11.4. The molecule has 98 valence electrons. The summed E-state index contributed by atoms with van der Waals surface area (Å²) in [5, 5.41) is 4.56. The molecule has 3 aromatic rings. The Labute approximate surface area is 120 Å². The van der Waals surface area contributed by atoms with Gasteiger partial charge in [-0.15, -0.1) is 11.3 Å². The zero-order chi connectivity index (χ0) is 13.8. The molecule has 1 amide bonds. The van der Waals surface area contributed by atoms with Crippen molar-refractivity contribution in [1.29, 1.82) is 0 Å². The second-order valence-corrected chi connectivity index (χ2v) is 4.99. The lowest BCUT2D eigenvalue weighted by Gasteiger charge is -2.05. The second-order valence-electron chi connectivity index (χ2n) is 4.27. The summed E-state index contributed by atoms with van der Waals surface area (Å²) in [5.41, 5.74) is 5.14. The predicted molar refractivity (Wildman–Crippen MR) is 81.9 cm³/mol. The zero-order valence-electron chi connectivity index (χ0n) is 10.6. The summed E-state index contributed by atoms with van der Waals surface area (Å²) in [6, 6.07) is 17.9. The first-order chi connectivity index (χ1) is 9.83. The molecule has 0 radical (unpaired) electrons. The molecular weight excluding hydrogens is 268 g/mol. The van der Waals surface area contributed by atoms with Gasteiger partial charge in [-0.2, -0.15) is 0 Å². The first-order valence-electron chi connectivity index (χ1n) is 6.18. The fraction of sp³-hybridized carbons (Fsp3) is 0. The maximum absolute atomic E-state index is 11.9. The highest BCUT2D eigenvalue weighted by molar-refractivity contribution is 7.07. The van der Waals surface area contributed by atoms with Crippen LogP contribution in [-0.4, -0.2) is 10.9 Å². The van der Waals surface area contributed by atoms with Crippen LogP contribution in [0.5, 0.6) is 0 Å². The van der Waals surface area contributed by atoms with Gasteiger partial charge in [0, 0.05) is 11.1 Å². The normalized spacial score (nSPS) is 10.2. The van der Waals surface area contributed by atoms with E-state index in [2.05, 4.69) is 22.4 Å². The molecular formula is C16H12N2OS. The Morgan fingerprint density at radius 3 is 2.30 bits per heavy atom. The van der Waals surface area contributed by atoms with Crippen LogP contribution in [-0.2, 0) is 0 Å². The van der Waals surface area contributed by atoms with E-state index in [1.165, 1.54) is 11.3 Å². The fourth-order valence-corrected chi connectivity index (χ4v) is 2.43. The summed E-state index contributed by atoms with van der Waals surface area (Å²) in [4.78, 5) is 15.8. The molecule has 0 spiro atoms. The van der Waals surface area contributed by atoms with Crippen LogP contribution in [0.2, 0.25) is 0 Å². The Morgan fingerprint density at radius 1 is 0.950 bits per heavy atom. The lowest BCUT2D eigenvalue weighted by Crippen LogP contribution is -2.11. The monoisotopic (exact) mass is 280 g/mol. The van der Waals surface area contributed by atoms with Gasteiger partial charge in [0.05, 0.1) is 5.51 Å². The van der Waals surface area contributed by atoms with E-state index in [0.717, 1.165) is 16.8 Å². The van der Waals surface area contributed by atoms with E-state index in [9.17, 15) is 4.79 Å². The van der Waals surface area contributed by atoms with Crippen molar-refractivity contribution in [2.24, 2.45) is 0 Å². The van der Waals surface area contributed by atoms with Gasteiger partial charge in [0.2, 0.25) is 0 Å². The summed E-state index contributed by atoms with van der Waals surface area (Å²) < 4.78 is 0. The van der Waals surface area contributed by atoms with Crippen LogP contribution in [0.4, 0.5) is 5.69 Å². The molecule has 2 aromatic carbocycles. The SMILES string of the molecule is O=C(Nc1ccc(-c2ccccc2)cc1)c1cscn1. The molecule has 0 saturated heterocycles. The predicted octanol–water partition coefficient (Wildman–Crippen LogP) is 4.06. The number of thiazole rings is 1. The fourth-order valence-electron chi connectivity index (χ4n) is 1.90. The van der Waals surface area contributed by atoms with Gasteiger partial charge in [-0.3, -0.25) is 4.79 Å². The van der Waals surface area contributed by atoms with E-state index < -0.39 is 0 Å². The highest BCUT2D eigenvalue weighted by Crippen LogP contribution is 2.21. The van der Waals surface area contributed by atoms with Gasteiger partial charge >= 0.3 is 0 Å². The number of nitrogens with one attached hydrogen (secondary N) is 1. The quantitative estimate of drug-likeness (QED) is 0.786. The number of aromatic nitrogens is 1. The molecule has 0 fully saturated rings. The van der Waals surface area contributed by atoms with Crippen molar-refractivity contribution in [2.45, 2.75) is 0 Å². The Kier molecular flexibility index (Phi) is 3.56. The van der Waals surface area contributed by atoms with Crippen LogP contribution < -0.4 is 5.32 Å². The summed E-state index contributed by atoms with van der Waals surface area (Å²) in [5.74, 6) is -0.182. The Bertz CT molecular complexity index is 691. The largest absolute Gasteiger partial charge is 0.321 e. The van der Waals surface area contributed by atoms with Crippen molar-refractivity contribution in [3.8, 4) is 11.1 Å². The van der Waals surface area contributed by atoms with Crippen molar-refractivity contribution >= 4 is 22.9 Å². The molecule has 1 heterocycles. The minimum atomic E-state index is -0.182. The van der Waals surface area contributed by atoms with Crippen LogP contribution >= 0.6 is 11.3 Å². The molecule has 1 aromatic heterocycles. The van der Waals surface area contributed by atoms with Crippen molar-refractivity contribution in [1.82, 2.24) is 4.98 Å². The topological polar surface area (TPSA) is 42.0 Å². The van der Waals surface area contributed by atoms with Gasteiger partial charge in [-0.05, 0) is 23.3 Å². The van der Waals surface area contributed by atoms with Gasteiger partial charge < -0.3 is 5.32 Å². The van der Waals surface area contributed by atoms with E-state index >= 15 is 0 Å². The summed E-state index contributed by atoms with van der Waals surface area (Å²) in [6.07, 6.45) is 0. The minimum Gasteiger partial charge on any atom is -0.321 e. The van der Waals surface area contributed by atoms with E-state index in [0.29, 0.717) is 5.69 Å². The molecule has 0 atom stereocenters. The number of anilines is 1. The van der Waals surface area contributed by atoms with Gasteiger partial charge in [0.15, 0.2) is 0 Å². The first-order valence-corrected chi connectivity index (χ1v) is 7.12. The van der Waals surface area contributed by atoms with Gasteiger partial charge in [-0.25, -0.2) is 4.98 Å². The minimum absolute atomic E-state index is 0.182. The maximum Gasteiger partial charge on any atom is 0.275 e. The third-order valence-corrected chi connectivity index (χ3v) is 3.50. The summed E-state index contributed by atoms with van der Waals surface area (Å²) in [7, 11) is 0. The number of hydrogen-bond acceptors (Lipinski definition) is 3. The van der Waals surface area contributed by atoms with Crippen LogP contribution in [0, 0.1) is 0 Å². The number of carbonyl (C=O) groups excluding carboxylic acids is 1. The van der Waals surface area contributed by atoms with Gasteiger partial charge in [0.25, 0.3) is 5.91 Å². The standard InChI is InChI=1S/C16H12N2OS/c19-16(15-10-20-11-17-15)18-14-8-6-13(7-9-14)12-4-2-1-3-5-12/h1-11H,(H,18,19). The molecule has 20 heavy (non-hydrogen) atoms. The number of benzene rings is 2. The summed E-state index contributed by atoms with van der Waals surface area (Å²) in [6.45, 7) is 0. The molecule has 0 aliphatic carbocycles. The molecule has 3 nitrogen and oxygen atoms in total. The first kappa shape index (κ1) is 12.6. The van der Waals surface area contributed by atoms with Crippen LogP contribution in [0.1, 0.15) is 10.5 Å². The van der Waals surface area contributed by atoms with Crippen molar-refractivity contribution in [3.05, 3.63) is 71.2 Å². The number of nitrogens with zero attached hydrogens (tertiary/aromatic N) is 1. The van der Waals surface area contributed by atoms with Crippen LogP contribution in [0.3, 0.4) is 0 Å². The van der Waals surface area contributed by atoms with Crippen LogP contribution in [0.15, 0.2) is 65.5 Å². The smallest absolute Gasteiger partial charge is 0.275 e. The van der Waals surface area contributed by atoms with Crippen molar-refractivity contribution in [3.63, 3.8) is 0 Å². The molecule has 0 aliphatic rings. The second kappa shape index (κ2) is 5.67. The number of carbonyl (C=O) groups is 1. The van der Waals surface area contributed by atoms with E-state index in [-0.39, 0.29) is 5.91 Å². The molecule has 0 unspecified atom stereocenters. The molecule has 4 heteroatoms. The van der Waals surface area contributed by atoms with E-state index in [1.807, 2.05) is 42.5 Å². The number of amides is 1. The average Bonchev–Trinajstić information content (AvgIpc) is 3.03.